The molecule has 2 rings (SSSR count). The minimum absolute atomic E-state index is 0.139. The van der Waals surface area contributed by atoms with Gasteiger partial charge >= 0.3 is 0 Å². The van der Waals surface area contributed by atoms with Crippen LogP contribution in [0, 0.1) is 5.41 Å². The molecule has 0 amide bonds. The van der Waals surface area contributed by atoms with Crippen molar-refractivity contribution in [2.45, 2.75) is 58.1 Å². The summed E-state index contributed by atoms with van der Waals surface area (Å²) >= 11 is 0. The van der Waals surface area contributed by atoms with Crippen LogP contribution >= 0.6 is 0 Å². The van der Waals surface area contributed by atoms with Crippen LogP contribution in [0.5, 0.6) is 0 Å². The van der Waals surface area contributed by atoms with Gasteiger partial charge in [-0.15, -0.1) is 0 Å². The van der Waals surface area contributed by atoms with E-state index in [9.17, 15) is 0 Å². The first-order valence-electron chi connectivity index (χ1n) is 5.92. The van der Waals surface area contributed by atoms with Gasteiger partial charge in [0.05, 0.1) is 12.2 Å². The van der Waals surface area contributed by atoms with Crippen LogP contribution in [-0.2, 0) is 4.74 Å². The van der Waals surface area contributed by atoms with Gasteiger partial charge in [0.25, 0.3) is 0 Å². The van der Waals surface area contributed by atoms with Crippen molar-refractivity contribution in [1.82, 2.24) is 5.32 Å². The van der Waals surface area contributed by atoms with Gasteiger partial charge in [-0.1, -0.05) is 13.8 Å². The van der Waals surface area contributed by atoms with Crippen molar-refractivity contribution >= 4 is 0 Å². The Morgan fingerprint density at radius 1 is 1.29 bits per heavy atom. The Balaban J connectivity index is 2.13. The highest BCUT2D eigenvalue weighted by Gasteiger charge is 2.45. The van der Waals surface area contributed by atoms with Crippen molar-refractivity contribution in [3.8, 4) is 0 Å². The summed E-state index contributed by atoms with van der Waals surface area (Å²) in [5, 5.41) is 3.56. The van der Waals surface area contributed by atoms with E-state index in [2.05, 4.69) is 26.1 Å². The molecule has 1 aliphatic carbocycles. The molecule has 2 aliphatic rings. The maximum atomic E-state index is 6.09. The lowest BCUT2D eigenvalue weighted by atomic mass is 9.67. The Morgan fingerprint density at radius 2 is 2.07 bits per heavy atom. The van der Waals surface area contributed by atoms with Crippen molar-refractivity contribution in [3.63, 3.8) is 0 Å². The fourth-order valence-corrected chi connectivity index (χ4v) is 3.19. The highest BCUT2D eigenvalue weighted by molar-refractivity contribution is 5.00. The second-order valence-corrected chi connectivity index (χ2v) is 5.78. The van der Waals surface area contributed by atoms with Crippen molar-refractivity contribution in [3.05, 3.63) is 0 Å². The molecule has 0 radical (unpaired) electrons. The van der Waals surface area contributed by atoms with E-state index in [4.69, 9.17) is 4.74 Å². The third-order valence-corrected chi connectivity index (χ3v) is 3.96. The van der Waals surface area contributed by atoms with Crippen molar-refractivity contribution < 1.29 is 4.74 Å². The van der Waals surface area contributed by atoms with Gasteiger partial charge in [0.1, 0.15) is 0 Å². The number of hydrogen-bond donors (Lipinski definition) is 1. The largest absolute Gasteiger partial charge is 0.372 e. The van der Waals surface area contributed by atoms with Gasteiger partial charge in [0.2, 0.25) is 0 Å². The Bertz CT molecular complexity index is 210. The molecule has 82 valence electrons. The van der Waals surface area contributed by atoms with Crippen molar-refractivity contribution in [2.24, 2.45) is 5.41 Å². The Hall–Kier alpha value is -0.0800. The third kappa shape index (κ3) is 1.82. The first-order chi connectivity index (χ1) is 6.54. The molecule has 1 saturated heterocycles. The van der Waals surface area contributed by atoms with Crippen LogP contribution in [0.4, 0.5) is 0 Å². The summed E-state index contributed by atoms with van der Waals surface area (Å²) in [5.74, 6) is 0. The van der Waals surface area contributed by atoms with E-state index >= 15 is 0 Å². The predicted octanol–water partition coefficient (Wildman–Crippen LogP) is 2.33. The highest BCUT2D eigenvalue weighted by Crippen LogP contribution is 2.45. The average Bonchev–Trinajstić information content (AvgIpc) is 2.09. The predicted molar refractivity (Wildman–Crippen MR) is 58.4 cm³/mol. The zero-order chi connectivity index (χ0) is 10.2. The lowest BCUT2D eigenvalue weighted by Crippen LogP contribution is -2.59. The third-order valence-electron chi connectivity index (χ3n) is 3.96. The van der Waals surface area contributed by atoms with Crippen LogP contribution in [-0.4, -0.2) is 24.8 Å². The number of rotatable bonds is 0. The van der Waals surface area contributed by atoms with E-state index in [1.807, 2.05) is 0 Å². The van der Waals surface area contributed by atoms with Crippen LogP contribution in [0.15, 0.2) is 0 Å². The Labute approximate surface area is 87.4 Å². The first kappa shape index (κ1) is 10.4. The summed E-state index contributed by atoms with van der Waals surface area (Å²) < 4.78 is 6.09. The Kier molecular flexibility index (Phi) is 2.61. The fourth-order valence-electron chi connectivity index (χ4n) is 3.19. The topological polar surface area (TPSA) is 21.3 Å². The van der Waals surface area contributed by atoms with Crippen molar-refractivity contribution in [2.75, 3.05) is 13.2 Å². The zero-order valence-corrected chi connectivity index (χ0v) is 9.73. The monoisotopic (exact) mass is 197 g/mol. The van der Waals surface area contributed by atoms with Crippen LogP contribution < -0.4 is 5.32 Å². The van der Waals surface area contributed by atoms with Crippen LogP contribution in [0.25, 0.3) is 0 Å². The van der Waals surface area contributed by atoms with Gasteiger partial charge < -0.3 is 10.1 Å². The van der Waals surface area contributed by atoms with Crippen LogP contribution in [0.1, 0.15) is 46.5 Å². The van der Waals surface area contributed by atoms with Crippen LogP contribution in [0.3, 0.4) is 0 Å². The molecule has 0 aromatic carbocycles. The number of nitrogens with one attached hydrogen (secondary N) is 1. The lowest BCUT2D eigenvalue weighted by Gasteiger charge is -2.50. The molecule has 2 nitrogen and oxygen atoms in total. The van der Waals surface area contributed by atoms with E-state index in [0.29, 0.717) is 11.5 Å². The normalized spacial score (nSPS) is 42.6. The number of hydrogen-bond acceptors (Lipinski definition) is 2. The van der Waals surface area contributed by atoms with Gasteiger partial charge in [0.15, 0.2) is 0 Å². The van der Waals surface area contributed by atoms with Gasteiger partial charge in [-0.25, -0.2) is 0 Å². The van der Waals surface area contributed by atoms with E-state index in [1.165, 1.54) is 25.7 Å². The molecular formula is C12H23NO. The molecule has 2 atom stereocenters. The zero-order valence-electron chi connectivity index (χ0n) is 9.73. The SMILES string of the molecule is CC1NCCOC12CCCC(C)(C)C2. The molecule has 1 aliphatic heterocycles. The molecular weight excluding hydrogens is 174 g/mol. The summed E-state index contributed by atoms with van der Waals surface area (Å²) in [6.07, 6.45) is 5.13. The number of ether oxygens (including phenoxy) is 1. The van der Waals surface area contributed by atoms with Gasteiger partial charge in [-0.2, -0.15) is 0 Å². The van der Waals surface area contributed by atoms with E-state index in [1.54, 1.807) is 0 Å². The van der Waals surface area contributed by atoms with Crippen molar-refractivity contribution in [1.29, 1.82) is 0 Å². The maximum Gasteiger partial charge on any atom is 0.0837 e. The molecule has 1 heterocycles. The highest BCUT2D eigenvalue weighted by atomic mass is 16.5. The smallest absolute Gasteiger partial charge is 0.0837 e. The van der Waals surface area contributed by atoms with Crippen LogP contribution in [0.2, 0.25) is 0 Å². The quantitative estimate of drug-likeness (QED) is 0.643. The second kappa shape index (κ2) is 3.49. The lowest BCUT2D eigenvalue weighted by molar-refractivity contribution is -0.136. The molecule has 0 bridgehead atoms. The number of morpholine rings is 1. The van der Waals surface area contributed by atoms with Gasteiger partial charge in [-0.3, -0.25) is 0 Å². The molecule has 1 saturated carbocycles. The van der Waals surface area contributed by atoms with E-state index in [-0.39, 0.29) is 5.60 Å². The second-order valence-electron chi connectivity index (χ2n) is 5.78. The molecule has 14 heavy (non-hydrogen) atoms. The Morgan fingerprint density at radius 3 is 2.71 bits per heavy atom. The molecule has 2 unspecified atom stereocenters. The molecule has 0 aromatic heterocycles. The summed E-state index contributed by atoms with van der Waals surface area (Å²) in [4.78, 5) is 0. The average molecular weight is 197 g/mol. The minimum atomic E-state index is 0.139. The molecule has 1 N–H and O–H groups in total. The summed E-state index contributed by atoms with van der Waals surface area (Å²) in [7, 11) is 0. The molecule has 2 fully saturated rings. The van der Waals surface area contributed by atoms with E-state index < -0.39 is 0 Å². The summed E-state index contributed by atoms with van der Waals surface area (Å²) in [6, 6.07) is 0.524. The first-order valence-corrected chi connectivity index (χ1v) is 5.92. The van der Waals surface area contributed by atoms with E-state index in [0.717, 1.165) is 13.2 Å². The van der Waals surface area contributed by atoms with Gasteiger partial charge in [0, 0.05) is 12.6 Å². The molecule has 0 aromatic rings. The van der Waals surface area contributed by atoms with Gasteiger partial charge in [-0.05, 0) is 38.0 Å². The summed E-state index contributed by atoms with van der Waals surface area (Å²) in [5.41, 5.74) is 0.603. The standard InChI is InChI=1S/C12H23NO/c1-10-12(14-8-7-13-10)6-4-5-11(2,3)9-12/h10,13H,4-9H2,1-3H3. The fraction of sp³-hybridized carbons (Fsp3) is 1.00. The molecule has 2 heteroatoms. The molecule has 1 spiro atoms. The maximum absolute atomic E-state index is 6.09. The summed E-state index contributed by atoms with van der Waals surface area (Å²) in [6.45, 7) is 8.93. The minimum Gasteiger partial charge on any atom is -0.372 e.